The van der Waals surface area contributed by atoms with E-state index in [4.69, 9.17) is 0 Å². The molecule has 0 saturated carbocycles. The molecule has 88 valence electrons. The number of nitrogens with zero attached hydrogens (tertiary/aromatic N) is 1. The summed E-state index contributed by atoms with van der Waals surface area (Å²) >= 11 is 0. The number of piperidine rings is 1. The van der Waals surface area contributed by atoms with E-state index in [0.29, 0.717) is 6.04 Å². The molecule has 1 heterocycles. The fourth-order valence-electron chi connectivity index (χ4n) is 2.47. The number of anilines is 1. The molecule has 0 aromatic heterocycles. The highest BCUT2D eigenvalue weighted by molar-refractivity contribution is 5.51. The van der Waals surface area contributed by atoms with Gasteiger partial charge in [-0.3, -0.25) is 0 Å². The van der Waals surface area contributed by atoms with Crippen LogP contribution in [0.3, 0.4) is 0 Å². The van der Waals surface area contributed by atoms with Crippen molar-refractivity contribution in [1.29, 1.82) is 0 Å². The molecule has 0 aliphatic carbocycles. The van der Waals surface area contributed by atoms with Crippen LogP contribution in [0, 0.1) is 0 Å². The molecule has 1 aromatic rings. The Morgan fingerprint density at radius 2 is 2.19 bits per heavy atom. The standard InChI is InChI=1S/C14H22N2/c1-3-12-7-4-5-9-14(12)15-13-8-6-10-16(2)11-13/h4-5,7,9,13,15H,3,6,8,10-11H2,1-2H3. The second-order valence-corrected chi connectivity index (χ2v) is 4.76. The van der Waals surface area contributed by atoms with Crippen LogP contribution < -0.4 is 5.32 Å². The first-order chi connectivity index (χ1) is 7.79. The van der Waals surface area contributed by atoms with Crippen LogP contribution in [0.5, 0.6) is 0 Å². The van der Waals surface area contributed by atoms with Gasteiger partial charge in [0.25, 0.3) is 0 Å². The van der Waals surface area contributed by atoms with Crippen molar-refractivity contribution in [1.82, 2.24) is 4.90 Å². The van der Waals surface area contributed by atoms with Crippen molar-refractivity contribution in [2.75, 3.05) is 25.5 Å². The quantitative estimate of drug-likeness (QED) is 0.839. The van der Waals surface area contributed by atoms with Gasteiger partial charge in [-0.25, -0.2) is 0 Å². The summed E-state index contributed by atoms with van der Waals surface area (Å²) in [6.45, 7) is 4.62. The molecule has 0 radical (unpaired) electrons. The largest absolute Gasteiger partial charge is 0.381 e. The number of likely N-dealkylation sites (tertiary alicyclic amines) is 1. The Morgan fingerprint density at radius 1 is 1.38 bits per heavy atom. The van der Waals surface area contributed by atoms with Crippen molar-refractivity contribution in [2.24, 2.45) is 0 Å². The summed E-state index contributed by atoms with van der Waals surface area (Å²) in [6, 6.07) is 9.28. The van der Waals surface area contributed by atoms with Crippen molar-refractivity contribution >= 4 is 5.69 Å². The van der Waals surface area contributed by atoms with Gasteiger partial charge in [0, 0.05) is 18.3 Å². The molecule has 1 saturated heterocycles. The molecular weight excluding hydrogens is 196 g/mol. The molecule has 1 N–H and O–H groups in total. The van der Waals surface area contributed by atoms with Crippen LogP contribution in [-0.2, 0) is 6.42 Å². The van der Waals surface area contributed by atoms with Gasteiger partial charge in [-0.05, 0) is 44.5 Å². The van der Waals surface area contributed by atoms with E-state index in [-0.39, 0.29) is 0 Å². The highest BCUT2D eigenvalue weighted by Crippen LogP contribution is 2.19. The van der Waals surface area contributed by atoms with Gasteiger partial charge in [-0.15, -0.1) is 0 Å². The van der Waals surface area contributed by atoms with Crippen LogP contribution in [0.15, 0.2) is 24.3 Å². The Kier molecular flexibility index (Phi) is 3.83. The first kappa shape index (κ1) is 11.5. The molecule has 0 amide bonds. The number of benzene rings is 1. The summed E-state index contributed by atoms with van der Waals surface area (Å²) in [5.41, 5.74) is 2.75. The highest BCUT2D eigenvalue weighted by Gasteiger charge is 2.17. The van der Waals surface area contributed by atoms with E-state index in [0.717, 1.165) is 13.0 Å². The number of hydrogen-bond acceptors (Lipinski definition) is 2. The van der Waals surface area contributed by atoms with Gasteiger partial charge in [-0.1, -0.05) is 25.1 Å². The van der Waals surface area contributed by atoms with Crippen LogP contribution >= 0.6 is 0 Å². The zero-order valence-electron chi connectivity index (χ0n) is 10.4. The third kappa shape index (κ3) is 2.76. The van der Waals surface area contributed by atoms with Gasteiger partial charge in [0.1, 0.15) is 0 Å². The predicted molar refractivity (Wildman–Crippen MR) is 70.0 cm³/mol. The van der Waals surface area contributed by atoms with Crippen molar-refractivity contribution in [3.05, 3.63) is 29.8 Å². The highest BCUT2D eigenvalue weighted by atomic mass is 15.1. The van der Waals surface area contributed by atoms with E-state index in [9.17, 15) is 0 Å². The molecular formula is C14H22N2. The van der Waals surface area contributed by atoms with Gasteiger partial charge >= 0.3 is 0 Å². The monoisotopic (exact) mass is 218 g/mol. The Bertz CT molecular complexity index is 335. The molecule has 1 atom stereocenters. The molecule has 2 nitrogen and oxygen atoms in total. The predicted octanol–water partition coefficient (Wildman–Crippen LogP) is 2.76. The minimum Gasteiger partial charge on any atom is -0.381 e. The molecule has 2 rings (SSSR count). The van der Waals surface area contributed by atoms with Crippen LogP contribution in [0.1, 0.15) is 25.3 Å². The lowest BCUT2D eigenvalue weighted by atomic mass is 10.0. The van der Waals surface area contributed by atoms with Crippen molar-refractivity contribution < 1.29 is 0 Å². The average Bonchev–Trinajstić information content (AvgIpc) is 2.30. The molecule has 0 spiro atoms. The number of hydrogen-bond donors (Lipinski definition) is 1. The third-order valence-electron chi connectivity index (χ3n) is 3.38. The maximum Gasteiger partial charge on any atom is 0.0388 e. The fourth-order valence-corrected chi connectivity index (χ4v) is 2.47. The zero-order chi connectivity index (χ0) is 11.4. The van der Waals surface area contributed by atoms with Gasteiger partial charge in [0.2, 0.25) is 0 Å². The van der Waals surface area contributed by atoms with Crippen molar-refractivity contribution in [3.8, 4) is 0 Å². The Labute approximate surface area is 98.7 Å². The minimum absolute atomic E-state index is 0.617. The third-order valence-corrected chi connectivity index (χ3v) is 3.38. The lowest BCUT2D eigenvalue weighted by Crippen LogP contribution is -2.39. The van der Waals surface area contributed by atoms with Crippen LogP contribution in [0.25, 0.3) is 0 Å². The number of para-hydroxylation sites is 1. The lowest BCUT2D eigenvalue weighted by molar-refractivity contribution is 0.261. The van der Waals surface area contributed by atoms with E-state index in [1.165, 1.54) is 30.6 Å². The Morgan fingerprint density at radius 3 is 2.94 bits per heavy atom. The maximum absolute atomic E-state index is 3.69. The summed E-state index contributed by atoms with van der Waals surface area (Å²) in [6.07, 6.45) is 3.70. The first-order valence-corrected chi connectivity index (χ1v) is 6.32. The normalized spacial score (nSPS) is 22.0. The van der Waals surface area contributed by atoms with Gasteiger partial charge in [0.15, 0.2) is 0 Å². The fraction of sp³-hybridized carbons (Fsp3) is 0.571. The van der Waals surface area contributed by atoms with Crippen LogP contribution in [-0.4, -0.2) is 31.1 Å². The summed E-state index contributed by atoms with van der Waals surface area (Å²) in [4.78, 5) is 2.41. The number of aryl methyl sites for hydroxylation is 1. The van der Waals surface area contributed by atoms with E-state index in [2.05, 4.69) is 48.5 Å². The molecule has 1 aliphatic heterocycles. The van der Waals surface area contributed by atoms with E-state index in [1.807, 2.05) is 0 Å². The molecule has 1 unspecified atom stereocenters. The molecule has 2 heteroatoms. The SMILES string of the molecule is CCc1ccccc1NC1CCCN(C)C1. The topological polar surface area (TPSA) is 15.3 Å². The molecule has 0 bridgehead atoms. The summed E-state index contributed by atoms with van der Waals surface area (Å²) in [7, 11) is 2.21. The van der Waals surface area contributed by atoms with E-state index < -0.39 is 0 Å². The second kappa shape index (κ2) is 5.35. The van der Waals surface area contributed by atoms with Gasteiger partial charge < -0.3 is 10.2 Å². The number of rotatable bonds is 3. The van der Waals surface area contributed by atoms with Crippen LogP contribution in [0.2, 0.25) is 0 Å². The van der Waals surface area contributed by atoms with Crippen molar-refractivity contribution in [3.63, 3.8) is 0 Å². The minimum atomic E-state index is 0.617. The Balaban J connectivity index is 2.02. The number of likely N-dealkylation sites (N-methyl/N-ethyl adjacent to an activating group) is 1. The zero-order valence-corrected chi connectivity index (χ0v) is 10.4. The summed E-state index contributed by atoms with van der Waals surface area (Å²) < 4.78 is 0. The molecule has 16 heavy (non-hydrogen) atoms. The van der Waals surface area contributed by atoms with E-state index >= 15 is 0 Å². The molecule has 1 fully saturated rings. The summed E-state index contributed by atoms with van der Waals surface area (Å²) in [5.74, 6) is 0. The van der Waals surface area contributed by atoms with Gasteiger partial charge in [0.05, 0.1) is 0 Å². The molecule has 1 aromatic carbocycles. The lowest BCUT2D eigenvalue weighted by Gasteiger charge is -2.31. The Hall–Kier alpha value is -1.02. The number of nitrogens with one attached hydrogen (secondary N) is 1. The first-order valence-electron chi connectivity index (χ1n) is 6.32. The van der Waals surface area contributed by atoms with E-state index in [1.54, 1.807) is 0 Å². The summed E-state index contributed by atoms with van der Waals surface area (Å²) in [5, 5.41) is 3.69. The maximum atomic E-state index is 3.69. The average molecular weight is 218 g/mol. The van der Waals surface area contributed by atoms with Crippen molar-refractivity contribution in [2.45, 2.75) is 32.2 Å². The van der Waals surface area contributed by atoms with Crippen LogP contribution in [0.4, 0.5) is 5.69 Å². The second-order valence-electron chi connectivity index (χ2n) is 4.76. The smallest absolute Gasteiger partial charge is 0.0388 e. The van der Waals surface area contributed by atoms with Gasteiger partial charge in [-0.2, -0.15) is 0 Å². The molecule has 1 aliphatic rings.